The van der Waals surface area contributed by atoms with Crippen LogP contribution in [0.15, 0.2) is 67.0 Å². The van der Waals surface area contributed by atoms with Crippen molar-refractivity contribution >= 4 is 17.5 Å². The lowest BCUT2D eigenvalue weighted by Crippen LogP contribution is -2.47. The van der Waals surface area contributed by atoms with E-state index in [0.29, 0.717) is 36.7 Å². The first kappa shape index (κ1) is 36.8. The van der Waals surface area contributed by atoms with E-state index >= 15 is 0 Å². The van der Waals surface area contributed by atoms with Crippen LogP contribution >= 0.6 is 0 Å². The number of nitrogens with one attached hydrogen (secondary N) is 1. The summed E-state index contributed by atoms with van der Waals surface area (Å²) in [5.41, 5.74) is 1.14. The first-order valence-corrected chi connectivity index (χ1v) is 16.3. The zero-order valence-electron chi connectivity index (χ0n) is 27.9. The third-order valence-electron chi connectivity index (χ3n) is 8.48. The van der Waals surface area contributed by atoms with E-state index in [1.54, 1.807) is 42.2 Å². The number of anilines is 1. The summed E-state index contributed by atoms with van der Waals surface area (Å²) in [4.78, 5) is 34.8. The number of amides is 2. The number of hydrogen-bond acceptors (Lipinski definition) is 7. The monoisotopic (exact) mass is 670 g/mol. The molecule has 1 aromatic heterocycles. The molecule has 12 heteroatoms. The van der Waals surface area contributed by atoms with Crippen LogP contribution in [0.2, 0.25) is 0 Å². The van der Waals surface area contributed by atoms with E-state index in [9.17, 15) is 27.9 Å². The Labute approximate surface area is 280 Å². The fourth-order valence-electron chi connectivity index (χ4n) is 5.65. The number of aliphatic hydroxyl groups is 1. The number of hydrogen-bond donors (Lipinski definition) is 2. The minimum Gasteiger partial charge on any atom is -0.490 e. The van der Waals surface area contributed by atoms with Gasteiger partial charge in [-0.05, 0) is 88.2 Å². The molecular weight excluding hydrogens is 625 g/mol. The van der Waals surface area contributed by atoms with Gasteiger partial charge >= 0.3 is 6.18 Å². The highest BCUT2D eigenvalue weighted by atomic mass is 19.4. The summed E-state index contributed by atoms with van der Waals surface area (Å²) in [5, 5.41) is 13.0. The van der Waals surface area contributed by atoms with Gasteiger partial charge in [0.05, 0.1) is 36.0 Å². The maximum absolute atomic E-state index is 14.3. The highest BCUT2D eigenvalue weighted by Gasteiger charge is 2.32. The summed E-state index contributed by atoms with van der Waals surface area (Å²) in [6, 6.07) is 12.8. The van der Waals surface area contributed by atoms with E-state index in [-0.39, 0.29) is 48.7 Å². The number of rotatable bonds is 8. The lowest BCUT2D eigenvalue weighted by atomic mass is 10.0. The Morgan fingerprint density at radius 3 is 2.48 bits per heavy atom. The summed E-state index contributed by atoms with van der Waals surface area (Å²) in [7, 11) is 1.88. The number of nitrogens with zero attached hydrogens (tertiary/aromatic N) is 3. The van der Waals surface area contributed by atoms with E-state index in [1.807, 2.05) is 25.8 Å². The van der Waals surface area contributed by atoms with Crippen LogP contribution < -0.4 is 10.1 Å². The summed E-state index contributed by atoms with van der Waals surface area (Å²) in [5.74, 6) is -0.508. The molecule has 9 nitrogen and oxygen atoms in total. The van der Waals surface area contributed by atoms with Crippen molar-refractivity contribution in [2.24, 2.45) is 5.92 Å². The second-order valence-electron chi connectivity index (χ2n) is 12.6. The number of aliphatic hydroxyl groups excluding tert-OH is 1. The summed E-state index contributed by atoms with van der Waals surface area (Å²) < 4.78 is 51.8. The van der Waals surface area contributed by atoms with Gasteiger partial charge in [-0.25, -0.2) is 0 Å². The Bertz CT molecular complexity index is 1490. The number of ether oxygens (including phenoxy) is 2. The van der Waals surface area contributed by atoms with Crippen molar-refractivity contribution in [3.8, 4) is 5.75 Å². The lowest BCUT2D eigenvalue weighted by Gasteiger charge is -2.36. The number of halogens is 3. The average Bonchev–Trinajstić information content (AvgIpc) is 3.06. The summed E-state index contributed by atoms with van der Waals surface area (Å²) in [6.45, 7) is 7.04. The molecule has 3 aromatic rings. The smallest absolute Gasteiger partial charge is 0.416 e. The first-order chi connectivity index (χ1) is 22.8. The van der Waals surface area contributed by atoms with Gasteiger partial charge in [0.2, 0.25) is 0 Å². The van der Waals surface area contributed by atoms with E-state index in [1.165, 1.54) is 24.5 Å². The lowest BCUT2D eigenvalue weighted by molar-refractivity contribution is -0.137. The van der Waals surface area contributed by atoms with Crippen molar-refractivity contribution in [3.63, 3.8) is 0 Å². The number of pyridine rings is 1. The van der Waals surface area contributed by atoms with Crippen molar-refractivity contribution in [3.05, 3.63) is 89.2 Å². The number of aromatic nitrogens is 1. The minimum absolute atomic E-state index is 0.182. The van der Waals surface area contributed by atoms with Crippen LogP contribution in [-0.2, 0) is 17.5 Å². The standard InChI is InChI=1S/C36H45F3N4O5/c1-24-20-43(25(2)23-44)35(46)31-19-30(41-34(45)28-14-16-40-17-15-28)12-13-32(31)48-26(3)7-5-6-18-47-33(24)22-42(4)21-27-8-10-29(11-9-27)36(37,38)39/h8-17,19,24-26,33,44H,5-7,18,20-23H2,1-4H3,(H,41,45)/t24-,25-,26-,33-/m0/s1. The number of carbonyl (C=O) groups excluding carboxylic acids is 2. The molecule has 1 aliphatic rings. The number of alkyl halides is 3. The third-order valence-corrected chi connectivity index (χ3v) is 8.48. The second kappa shape index (κ2) is 16.9. The highest BCUT2D eigenvalue weighted by molar-refractivity contribution is 6.05. The molecule has 4 rings (SSSR count). The molecule has 2 N–H and O–H groups in total. The molecule has 0 radical (unpaired) electrons. The quantitative estimate of drug-likeness (QED) is 0.291. The van der Waals surface area contributed by atoms with Gasteiger partial charge in [0.25, 0.3) is 11.8 Å². The van der Waals surface area contributed by atoms with Crippen LogP contribution in [0.4, 0.5) is 18.9 Å². The Hall–Kier alpha value is -4.00. The van der Waals surface area contributed by atoms with Gasteiger partial charge in [-0.15, -0.1) is 0 Å². The number of fused-ring (bicyclic) bond motifs is 1. The van der Waals surface area contributed by atoms with E-state index < -0.39 is 17.8 Å². The predicted molar refractivity (Wildman–Crippen MR) is 177 cm³/mol. The van der Waals surface area contributed by atoms with Gasteiger partial charge in [0, 0.05) is 55.8 Å². The Morgan fingerprint density at radius 2 is 1.81 bits per heavy atom. The molecule has 48 heavy (non-hydrogen) atoms. The molecule has 1 aliphatic heterocycles. The minimum atomic E-state index is -4.39. The number of likely N-dealkylation sites (N-methyl/N-ethyl adjacent to an activating group) is 1. The number of benzene rings is 2. The maximum atomic E-state index is 14.3. The van der Waals surface area contributed by atoms with Crippen LogP contribution in [-0.4, -0.2) is 83.3 Å². The molecule has 260 valence electrons. The van der Waals surface area contributed by atoms with Crippen LogP contribution in [0.1, 0.15) is 71.9 Å². The van der Waals surface area contributed by atoms with Crippen LogP contribution in [0.3, 0.4) is 0 Å². The molecule has 4 atom stereocenters. The molecular formula is C36H45F3N4O5. The Morgan fingerprint density at radius 1 is 1.10 bits per heavy atom. The Kier molecular flexibility index (Phi) is 13.0. The molecule has 0 saturated carbocycles. The van der Waals surface area contributed by atoms with E-state index in [2.05, 4.69) is 10.3 Å². The SMILES string of the molecule is C[C@H]1CCCCO[C@@H](CN(C)Cc2ccc(C(F)(F)F)cc2)[C@@H](C)CN([C@@H](C)CO)C(=O)c2cc(NC(=O)c3ccncc3)ccc2O1. The van der Waals surface area contributed by atoms with E-state index in [0.717, 1.165) is 37.0 Å². The zero-order chi connectivity index (χ0) is 34.8. The topological polar surface area (TPSA) is 104 Å². The first-order valence-electron chi connectivity index (χ1n) is 16.3. The van der Waals surface area contributed by atoms with Gasteiger partial charge in [-0.1, -0.05) is 19.1 Å². The molecule has 0 spiro atoms. The molecule has 2 amide bonds. The fourth-order valence-corrected chi connectivity index (χ4v) is 5.65. The summed E-state index contributed by atoms with van der Waals surface area (Å²) in [6.07, 6.45) is 0.489. The van der Waals surface area contributed by atoms with Crippen molar-refractivity contribution < 1.29 is 37.3 Å². The molecule has 0 saturated heterocycles. The molecule has 0 unspecified atom stereocenters. The van der Waals surface area contributed by atoms with Gasteiger partial charge < -0.3 is 24.8 Å². The third kappa shape index (κ3) is 10.2. The number of carbonyl (C=O) groups is 2. The van der Waals surface area contributed by atoms with E-state index in [4.69, 9.17) is 9.47 Å². The van der Waals surface area contributed by atoms with Crippen LogP contribution in [0, 0.1) is 5.92 Å². The zero-order valence-corrected chi connectivity index (χ0v) is 27.9. The molecule has 0 aliphatic carbocycles. The van der Waals surface area contributed by atoms with Gasteiger partial charge in [0.15, 0.2) is 0 Å². The molecule has 2 aromatic carbocycles. The molecule has 0 bridgehead atoms. The van der Waals surface area contributed by atoms with Crippen LogP contribution in [0.25, 0.3) is 0 Å². The predicted octanol–water partition coefficient (Wildman–Crippen LogP) is 6.28. The van der Waals surface area contributed by atoms with Crippen LogP contribution in [0.5, 0.6) is 5.75 Å². The Balaban J connectivity index is 1.58. The van der Waals surface area contributed by atoms with Crippen molar-refractivity contribution in [1.29, 1.82) is 0 Å². The highest BCUT2D eigenvalue weighted by Crippen LogP contribution is 2.30. The van der Waals surface area contributed by atoms with Crippen molar-refractivity contribution in [2.45, 2.75) is 71.0 Å². The maximum Gasteiger partial charge on any atom is 0.416 e. The second-order valence-corrected chi connectivity index (χ2v) is 12.6. The molecule has 2 heterocycles. The molecule has 0 fully saturated rings. The summed E-state index contributed by atoms with van der Waals surface area (Å²) >= 11 is 0. The largest absolute Gasteiger partial charge is 0.490 e. The van der Waals surface area contributed by atoms with Crippen molar-refractivity contribution in [1.82, 2.24) is 14.8 Å². The fraction of sp³-hybridized carbons (Fsp3) is 0.472. The normalized spacial score (nSPS) is 20.4. The van der Waals surface area contributed by atoms with Crippen molar-refractivity contribution in [2.75, 3.05) is 38.7 Å². The average molecular weight is 671 g/mol. The van der Waals surface area contributed by atoms with Gasteiger partial charge in [0.1, 0.15) is 5.75 Å². The van der Waals surface area contributed by atoms with Gasteiger partial charge in [-0.3, -0.25) is 19.5 Å². The van der Waals surface area contributed by atoms with Gasteiger partial charge in [-0.2, -0.15) is 13.2 Å².